The number of carbonyl (C=O) groups excluding carboxylic acids is 1. The highest BCUT2D eigenvalue weighted by atomic mass is 19.1. The second kappa shape index (κ2) is 6.30. The van der Waals surface area contributed by atoms with Gasteiger partial charge in [-0.3, -0.25) is 4.98 Å². The molecule has 0 radical (unpaired) electrons. The van der Waals surface area contributed by atoms with Crippen LogP contribution in [-0.4, -0.2) is 16.9 Å². The minimum Gasteiger partial charge on any atom is -0.407 e. The number of carbonyl (C=O) groups is 1. The Labute approximate surface area is 127 Å². The predicted molar refractivity (Wildman–Crippen MR) is 80.5 cm³/mol. The van der Waals surface area contributed by atoms with Crippen LogP contribution in [0.1, 0.15) is 17.7 Å². The molecule has 0 fully saturated rings. The third-order valence-corrected chi connectivity index (χ3v) is 3.18. The number of aromatic nitrogens is 1. The fraction of sp³-hybridized carbons (Fsp3) is 0.118. The lowest BCUT2D eigenvalue weighted by molar-refractivity contribution is -0.130. The molecule has 1 aliphatic rings. The lowest BCUT2D eigenvalue weighted by Gasteiger charge is -2.00. The molecule has 0 amide bonds. The molecule has 110 valence electrons. The summed E-state index contributed by atoms with van der Waals surface area (Å²) in [5.74, 6) is -0.370. The Morgan fingerprint density at radius 1 is 1.09 bits per heavy atom. The van der Waals surface area contributed by atoms with Crippen LogP contribution < -0.4 is 0 Å². The van der Waals surface area contributed by atoms with E-state index in [-0.39, 0.29) is 11.5 Å². The van der Waals surface area contributed by atoms with Crippen molar-refractivity contribution in [2.45, 2.75) is 12.8 Å². The predicted octanol–water partition coefficient (Wildman–Crippen LogP) is 3.15. The molecule has 2 heterocycles. The highest BCUT2D eigenvalue weighted by Crippen LogP contribution is 2.17. The smallest absolute Gasteiger partial charge is 0.363 e. The van der Waals surface area contributed by atoms with E-state index in [0.717, 1.165) is 5.56 Å². The number of rotatable bonds is 4. The summed E-state index contributed by atoms with van der Waals surface area (Å²) in [6.45, 7) is 0. The first-order valence-corrected chi connectivity index (χ1v) is 6.87. The molecule has 0 atom stereocenters. The Balaban J connectivity index is 1.68. The van der Waals surface area contributed by atoms with E-state index < -0.39 is 5.97 Å². The van der Waals surface area contributed by atoms with Gasteiger partial charge in [0.2, 0.25) is 0 Å². The first kappa shape index (κ1) is 14.1. The van der Waals surface area contributed by atoms with Gasteiger partial charge in [-0.2, -0.15) is 0 Å². The SMILES string of the molecule is O=C1OC(CCc2ccc(F)cc2)=N/C1=C/c1ccccn1. The van der Waals surface area contributed by atoms with Crippen LogP contribution >= 0.6 is 0 Å². The molecule has 0 unspecified atom stereocenters. The van der Waals surface area contributed by atoms with E-state index >= 15 is 0 Å². The average Bonchev–Trinajstić information content (AvgIpc) is 2.88. The van der Waals surface area contributed by atoms with E-state index in [1.165, 1.54) is 12.1 Å². The number of aliphatic imine (C=N–C) groups is 1. The van der Waals surface area contributed by atoms with Gasteiger partial charge >= 0.3 is 5.97 Å². The molecular weight excluding hydrogens is 283 g/mol. The standard InChI is InChI=1S/C17H13FN2O2/c18-13-7-4-12(5-8-13)6-9-16-20-15(17(21)22-16)11-14-3-1-2-10-19-14/h1-5,7-8,10-11H,6,9H2/b15-11+. The van der Waals surface area contributed by atoms with Crippen LogP contribution in [0.3, 0.4) is 0 Å². The van der Waals surface area contributed by atoms with Gasteiger partial charge in [-0.25, -0.2) is 14.2 Å². The zero-order chi connectivity index (χ0) is 15.4. The maximum absolute atomic E-state index is 12.8. The second-order valence-electron chi connectivity index (χ2n) is 4.81. The fourth-order valence-corrected chi connectivity index (χ4v) is 2.06. The minimum atomic E-state index is -0.472. The topological polar surface area (TPSA) is 51.5 Å². The van der Waals surface area contributed by atoms with Crippen LogP contribution in [0, 0.1) is 5.82 Å². The van der Waals surface area contributed by atoms with E-state index in [1.807, 2.05) is 6.07 Å². The number of cyclic esters (lactones) is 1. The number of benzene rings is 1. The van der Waals surface area contributed by atoms with E-state index in [1.54, 1.807) is 36.5 Å². The molecule has 0 bridgehead atoms. The van der Waals surface area contributed by atoms with Crippen LogP contribution in [0.2, 0.25) is 0 Å². The molecule has 1 aliphatic heterocycles. The van der Waals surface area contributed by atoms with Crippen molar-refractivity contribution in [3.05, 3.63) is 71.4 Å². The zero-order valence-corrected chi connectivity index (χ0v) is 11.7. The van der Waals surface area contributed by atoms with E-state index in [0.29, 0.717) is 24.4 Å². The van der Waals surface area contributed by atoms with Crippen molar-refractivity contribution in [1.82, 2.24) is 4.98 Å². The van der Waals surface area contributed by atoms with Crippen molar-refractivity contribution in [3.8, 4) is 0 Å². The Bertz CT molecular complexity index is 737. The molecule has 0 saturated carbocycles. The molecule has 4 nitrogen and oxygen atoms in total. The first-order valence-electron chi connectivity index (χ1n) is 6.87. The molecule has 5 heteroatoms. The molecule has 22 heavy (non-hydrogen) atoms. The number of hydrogen-bond donors (Lipinski definition) is 0. The third-order valence-electron chi connectivity index (χ3n) is 3.18. The summed E-state index contributed by atoms with van der Waals surface area (Å²) in [7, 11) is 0. The van der Waals surface area contributed by atoms with Crippen LogP contribution in [0.25, 0.3) is 6.08 Å². The van der Waals surface area contributed by atoms with E-state index in [9.17, 15) is 9.18 Å². The van der Waals surface area contributed by atoms with Gasteiger partial charge in [0.05, 0.1) is 5.69 Å². The number of ether oxygens (including phenoxy) is 1. The van der Waals surface area contributed by atoms with Crippen LogP contribution in [0.5, 0.6) is 0 Å². The molecule has 0 saturated heterocycles. The summed E-state index contributed by atoms with van der Waals surface area (Å²) in [6.07, 6.45) is 4.35. The van der Waals surface area contributed by atoms with Gasteiger partial charge < -0.3 is 4.74 Å². The highest BCUT2D eigenvalue weighted by molar-refractivity contribution is 6.07. The van der Waals surface area contributed by atoms with Crippen molar-refractivity contribution in [2.24, 2.45) is 4.99 Å². The summed E-state index contributed by atoms with van der Waals surface area (Å²) in [5, 5.41) is 0. The molecular formula is C17H13FN2O2. The number of esters is 1. The zero-order valence-electron chi connectivity index (χ0n) is 11.7. The van der Waals surface area contributed by atoms with Gasteiger partial charge in [0.1, 0.15) is 5.82 Å². The largest absolute Gasteiger partial charge is 0.407 e. The van der Waals surface area contributed by atoms with E-state index in [4.69, 9.17) is 4.74 Å². The van der Waals surface area contributed by atoms with Crippen LogP contribution in [0.4, 0.5) is 4.39 Å². The first-order chi connectivity index (χ1) is 10.7. The van der Waals surface area contributed by atoms with E-state index in [2.05, 4.69) is 9.98 Å². The monoisotopic (exact) mass is 296 g/mol. The van der Waals surface area contributed by atoms with Crippen molar-refractivity contribution in [2.75, 3.05) is 0 Å². The second-order valence-corrected chi connectivity index (χ2v) is 4.81. The normalized spacial score (nSPS) is 15.8. The lowest BCUT2D eigenvalue weighted by atomic mass is 10.1. The summed E-state index contributed by atoms with van der Waals surface area (Å²) >= 11 is 0. The van der Waals surface area contributed by atoms with Crippen molar-refractivity contribution in [1.29, 1.82) is 0 Å². The Morgan fingerprint density at radius 3 is 2.64 bits per heavy atom. The Hall–Kier alpha value is -2.82. The Morgan fingerprint density at radius 2 is 1.91 bits per heavy atom. The molecule has 1 aromatic carbocycles. The van der Waals surface area contributed by atoms with Crippen LogP contribution in [0.15, 0.2) is 59.4 Å². The lowest BCUT2D eigenvalue weighted by Crippen LogP contribution is -2.05. The quantitative estimate of drug-likeness (QED) is 0.643. The molecule has 1 aromatic heterocycles. The molecule has 0 spiro atoms. The van der Waals surface area contributed by atoms with Gasteiger partial charge in [0.15, 0.2) is 11.6 Å². The number of nitrogens with zero attached hydrogens (tertiary/aromatic N) is 2. The number of pyridine rings is 1. The van der Waals surface area contributed by atoms with Gasteiger partial charge in [-0.15, -0.1) is 0 Å². The molecule has 0 N–H and O–H groups in total. The number of hydrogen-bond acceptors (Lipinski definition) is 4. The third kappa shape index (κ3) is 3.44. The summed E-state index contributed by atoms with van der Waals surface area (Å²) < 4.78 is 18.0. The van der Waals surface area contributed by atoms with Crippen molar-refractivity contribution in [3.63, 3.8) is 0 Å². The molecule has 0 aliphatic carbocycles. The van der Waals surface area contributed by atoms with Gasteiger partial charge in [0.25, 0.3) is 0 Å². The Kier molecular flexibility index (Phi) is 4.05. The summed E-state index contributed by atoms with van der Waals surface area (Å²) in [6, 6.07) is 11.6. The van der Waals surface area contributed by atoms with Crippen molar-refractivity contribution < 1.29 is 13.9 Å². The number of aryl methyl sites for hydroxylation is 1. The summed E-state index contributed by atoms with van der Waals surface area (Å²) in [4.78, 5) is 20.1. The van der Waals surface area contributed by atoms with Gasteiger partial charge in [-0.1, -0.05) is 18.2 Å². The fourth-order valence-electron chi connectivity index (χ4n) is 2.06. The van der Waals surface area contributed by atoms with Gasteiger partial charge in [-0.05, 0) is 42.3 Å². The maximum Gasteiger partial charge on any atom is 0.363 e. The molecule has 2 aromatic rings. The van der Waals surface area contributed by atoms with Crippen LogP contribution in [-0.2, 0) is 16.0 Å². The van der Waals surface area contributed by atoms with Gasteiger partial charge in [0, 0.05) is 12.6 Å². The highest BCUT2D eigenvalue weighted by Gasteiger charge is 2.22. The maximum atomic E-state index is 12.8. The van der Waals surface area contributed by atoms with Crippen molar-refractivity contribution >= 4 is 17.9 Å². The molecule has 3 rings (SSSR count). The average molecular weight is 296 g/mol. The number of halogens is 1. The minimum absolute atomic E-state index is 0.243. The summed E-state index contributed by atoms with van der Waals surface area (Å²) in [5.41, 5.74) is 1.85.